The van der Waals surface area contributed by atoms with Gasteiger partial charge < -0.3 is 9.47 Å². The first-order valence-corrected chi connectivity index (χ1v) is 5.65. The molecule has 0 aliphatic carbocycles. The molecule has 1 N–H and O–H groups in total. The summed E-state index contributed by atoms with van der Waals surface area (Å²) in [6.45, 7) is 1.33. The lowest BCUT2D eigenvalue weighted by molar-refractivity contribution is 0.297. The summed E-state index contributed by atoms with van der Waals surface area (Å²) in [4.78, 5) is 0. The van der Waals surface area contributed by atoms with E-state index in [2.05, 4.69) is 15.5 Å². The lowest BCUT2D eigenvalue weighted by Crippen LogP contribution is -1.99. The summed E-state index contributed by atoms with van der Waals surface area (Å²) in [6, 6.07) is 5.60. The number of hydrogen-bond acceptors (Lipinski definition) is 5. The third-order valence-corrected chi connectivity index (χ3v) is 2.73. The fraction of sp³-hybridized carbons (Fsp3) is 0.300. The molecule has 0 amide bonds. The normalized spacial score (nSPS) is 14.4. The van der Waals surface area contributed by atoms with Gasteiger partial charge in [0.05, 0.1) is 18.9 Å². The highest BCUT2D eigenvalue weighted by Gasteiger charge is 2.11. The zero-order chi connectivity index (χ0) is 11.7. The van der Waals surface area contributed by atoms with Crippen molar-refractivity contribution in [2.45, 2.75) is 6.42 Å². The predicted molar refractivity (Wildman–Crippen MR) is 62.2 cm³/mol. The number of ether oxygens (including phenoxy) is 2. The van der Waals surface area contributed by atoms with Gasteiger partial charge in [-0.2, -0.15) is 5.21 Å². The van der Waals surface area contributed by atoms with Gasteiger partial charge in [0.2, 0.25) is 4.77 Å². The first kappa shape index (κ1) is 10.3. The average Bonchev–Trinajstić information content (AvgIpc) is 2.64. The molecule has 0 fully saturated rings. The van der Waals surface area contributed by atoms with Gasteiger partial charge in [-0.3, -0.25) is 0 Å². The standard InChI is InChI=1S/C10H10N4O2S/c17-10-11-12-13-14(10)7-2-3-8-9(6-7)16-5-1-4-15-8/h2-3,6H,1,4-5H2,(H,11,13,17). The second kappa shape index (κ2) is 4.17. The number of H-pyrrole nitrogens is 1. The van der Waals surface area contributed by atoms with E-state index < -0.39 is 0 Å². The smallest absolute Gasteiger partial charge is 0.242 e. The number of hydrogen-bond donors (Lipinski definition) is 1. The number of rotatable bonds is 1. The fourth-order valence-electron chi connectivity index (χ4n) is 1.66. The van der Waals surface area contributed by atoms with Gasteiger partial charge in [0, 0.05) is 12.5 Å². The highest BCUT2D eigenvalue weighted by atomic mass is 32.1. The van der Waals surface area contributed by atoms with Gasteiger partial charge in [0.25, 0.3) is 0 Å². The predicted octanol–water partition coefficient (Wildman–Crippen LogP) is 1.49. The van der Waals surface area contributed by atoms with Crippen LogP contribution >= 0.6 is 12.2 Å². The zero-order valence-electron chi connectivity index (χ0n) is 8.92. The van der Waals surface area contributed by atoms with Crippen molar-refractivity contribution in [3.8, 4) is 17.2 Å². The van der Waals surface area contributed by atoms with Gasteiger partial charge in [0.15, 0.2) is 11.5 Å². The molecule has 1 aliphatic rings. The van der Waals surface area contributed by atoms with Crippen molar-refractivity contribution in [2.24, 2.45) is 0 Å². The Morgan fingerprint density at radius 2 is 2.06 bits per heavy atom. The molecule has 6 nitrogen and oxygen atoms in total. The first-order valence-electron chi connectivity index (χ1n) is 5.25. The number of nitrogens with one attached hydrogen (secondary N) is 1. The number of benzene rings is 1. The van der Waals surface area contributed by atoms with Crippen molar-refractivity contribution in [3.05, 3.63) is 23.0 Å². The van der Waals surface area contributed by atoms with Gasteiger partial charge in [0.1, 0.15) is 0 Å². The van der Waals surface area contributed by atoms with E-state index in [1.165, 1.54) is 0 Å². The molecule has 0 bridgehead atoms. The Morgan fingerprint density at radius 3 is 2.82 bits per heavy atom. The van der Waals surface area contributed by atoms with Gasteiger partial charge in [-0.05, 0) is 24.4 Å². The van der Waals surface area contributed by atoms with Crippen LogP contribution in [0, 0.1) is 4.77 Å². The third kappa shape index (κ3) is 1.89. The molecule has 0 saturated carbocycles. The number of nitrogens with zero attached hydrogens (tertiary/aromatic N) is 3. The van der Waals surface area contributed by atoms with Crippen molar-refractivity contribution in [2.75, 3.05) is 13.2 Å². The molecule has 0 saturated heterocycles. The summed E-state index contributed by atoms with van der Waals surface area (Å²) in [5, 5.41) is 10.1. The Bertz CT molecular complexity index is 592. The first-order chi connectivity index (χ1) is 8.34. The Hall–Kier alpha value is -1.89. The highest BCUT2D eigenvalue weighted by molar-refractivity contribution is 7.71. The van der Waals surface area contributed by atoms with Gasteiger partial charge in [-0.25, -0.2) is 4.68 Å². The van der Waals surface area contributed by atoms with E-state index in [0.717, 1.165) is 23.6 Å². The van der Waals surface area contributed by atoms with Crippen molar-refractivity contribution in [1.82, 2.24) is 20.2 Å². The van der Waals surface area contributed by atoms with Crippen LogP contribution in [-0.2, 0) is 0 Å². The minimum Gasteiger partial charge on any atom is -0.490 e. The number of fused-ring (bicyclic) bond motifs is 1. The molecule has 0 unspecified atom stereocenters. The van der Waals surface area contributed by atoms with Gasteiger partial charge in [-0.15, -0.1) is 0 Å². The monoisotopic (exact) mass is 250 g/mol. The van der Waals surface area contributed by atoms with Crippen LogP contribution in [0.3, 0.4) is 0 Å². The quantitative estimate of drug-likeness (QED) is 0.777. The molecule has 2 aromatic rings. The lowest BCUT2D eigenvalue weighted by Gasteiger charge is -2.08. The SMILES string of the molecule is S=c1nn[nH]n1-c1ccc2c(c1)OCCCO2. The summed E-state index contributed by atoms with van der Waals surface area (Å²) in [6.07, 6.45) is 0.884. The molecule has 1 aromatic carbocycles. The van der Waals surface area contributed by atoms with Crippen LogP contribution in [0.25, 0.3) is 5.69 Å². The molecule has 0 spiro atoms. The molecule has 17 heavy (non-hydrogen) atoms. The Balaban J connectivity index is 2.06. The summed E-state index contributed by atoms with van der Waals surface area (Å²) in [7, 11) is 0. The van der Waals surface area contributed by atoms with Gasteiger partial charge in [-0.1, -0.05) is 10.3 Å². The van der Waals surface area contributed by atoms with Crippen molar-refractivity contribution in [1.29, 1.82) is 0 Å². The Morgan fingerprint density at radius 1 is 1.24 bits per heavy atom. The number of aromatic nitrogens is 4. The van der Waals surface area contributed by atoms with E-state index in [-0.39, 0.29) is 0 Å². The van der Waals surface area contributed by atoms with Crippen molar-refractivity contribution in [3.63, 3.8) is 0 Å². The van der Waals surface area contributed by atoms with Crippen LogP contribution in [0.1, 0.15) is 6.42 Å². The molecule has 7 heteroatoms. The maximum atomic E-state index is 5.60. The van der Waals surface area contributed by atoms with E-state index in [1.54, 1.807) is 4.68 Å². The van der Waals surface area contributed by atoms with Crippen LogP contribution in [-0.4, -0.2) is 33.4 Å². The second-order valence-corrected chi connectivity index (χ2v) is 3.96. The average molecular weight is 250 g/mol. The number of aromatic amines is 1. The zero-order valence-corrected chi connectivity index (χ0v) is 9.74. The van der Waals surface area contributed by atoms with Crippen molar-refractivity contribution < 1.29 is 9.47 Å². The fourth-order valence-corrected chi connectivity index (χ4v) is 1.84. The van der Waals surface area contributed by atoms with Crippen LogP contribution in [0.2, 0.25) is 0 Å². The molecular weight excluding hydrogens is 240 g/mol. The van der Waals surface area contributed by atoms with E-state index in [4.69, 9.17) is 21.7 Å². The van der Waals surface area contributed by atoms with E-state index in [0.29, 0.717) is 18.0 Å². The molecule has 3 rings (SSSR count). The Labute approximate surface area is 102 Å². The van der Waals surface area contributed by atoms with Crippen LogP contribution in [0.15, 0.2) is 18.2 Å². The van der Waals surface area contributed by atoms with E-state index >= 15 is 0 Å². The third-order valence-electron chi connectivity index (χ3n) is 2.46. The summed E-state index contributed by atoms with van der Waals surface area (Å²) >= 11 is 5.03. The topological polar surface area (TPSA) is 65.0 Å². The second-order valence-electron chi connectivity index (χ2n) is 3.60. The minimum atomic E-state index is 0.375. The summed E-state index contributed by atoms with van der Waals surface area (Å²) in [5.74, 6) is 1.47. The maximum absolute atomic E-state index is 5.60. The van der Waals surface area contributed by atoms with Crippen LogP contribution < -0.4 is 9.47 Å². The minimum absolute atomic E-state index is 0.375. The van der Waals surface area contributed by atoms with Gasteiger partial charge >= 0.3 is 0 Å². The molecule has 88 valence electrons. The maximum Gasteiger partial charge on any atom is 0.242 e. The summed E-state index contributed by atoms with van der Waals surface area (Å²) in [5.41, 5.74) is 0.823. The molecule has 0 radical (unpaired) electrons. The summed E-state index contributed by atoms with van der Waals surface area (Å²) < 4.78 is 13.1. The largest absolute Gasteiger partial charge is 0.490 e. The van der Waals surface area contributed by atoms with E-state index in [9.17, 15) is 0 Å². The molecular formula is C10H10N4O2S. The Kier molecular flexibility index (Phi) is 2.52. The molecule has 1 aliphatic heterocycles. The van der Waals surface area contributed by atoms with Crippen LogP contribution in [0.4, 0.5) is 0 Å². The van der Waals surface area contributed by atoms with E-state index in [1.807, 2.05) is 18.2 Å². The lowest BCUT2D eigenvalue weighted by atomic mass is 10.3. The molecule has 2 heterocycles. The molecule has 0 atom stereocenters. The highest BCUT2D eigenvalue weighted by Crippen LogP contribution is 2.31. The number of tetrazole rings is 1. The molecule has 1 aromatic heterocycles. The van der Waals surface area contributed by atoms with Crippen LogP contribution in [0.5, 0.6) is 11.5 Å². The van der Waals surface area contributed by atoms with Crippen molar-refractivity contribution >= 4 is 12.2 Å².